The fraction of sp³-hybridized carbons (Fsp3) is 0.929. The fourth-order valence-corrected chi connectivity index (χ4v) is 3.06. The van der Waals surface area contributed by atoms with Crippen LogP contribution >= 0.6 is 0 Å². The highest BCUT2D eigenvalue weighted by Gasteiger charge is 2.22. The van der Waals surface area contributed by atoms with Gasteiger partial charge < -0.3 is 16.0 Å². The second kappa shape index (κ2) is 7.82. The monoisotopic (exact) mass is 268 g/mol. The van der Waals surface area contributed by atoms with E-state index in [1.54, 1.807) is 7.05 Å². The van der Waals surface area contributed by atoms with Crippen molar-refractivity contribution in [2.75, 3.05) is 39.8 Å². The first kappa shape index (κ1) is 14.8. The minimum Gasteiger partial charge on any atom is -0.358 e. The number of hydrogen-bond acceptors (Lipinski definition) is 4. The molecule has 2 fully saturated rings. The predicted octanol–water partition coefficient (Wildman–Crippen LogP) is -0.0715. The Labute approximate surface area is 116 Å². The molecule has 2 rings (SSSR count). The standard InChI is InChI=1S/C14H28N4O/c1-15-14(19)11-18-9-5-13(6-10-18)17-12-3-2-7-16-8-4-12/h12-13,16-17H,2-11H2,1H3,(H,15,19). The maximum absolute atomic E-state index is 11.3. The molecule has 19 heavy (non-hydrogen) atoms. The average molecular weight is 268 g/mol. The Balaban J connectivity index is 1.66. The molecule has 0 bridgehead atoms. The Morgan fingerprint density at radius 3 is 2.63 bits per heavy atom. The van der Waals surface area contributed by atoms with Gasteiger partial charge in [-0.05, 0) is 45.2 Å². The lowest BCUT2D eigenvalue weighted by Crippen LogP contribution is -2.48. The summed E-state index contributed by atoms with van der Waals surface area (Å²) >= 11 is 0. The van der Waals surface area contributed by atoms with Crippen LogP contribution in [0.5, 0.6) is 0 Å². The minimum absolute atomic E-state index is 0.126. The maximum atomic E-state index is 11.3. The van der Waals surface area contributed by atoms with E-state index in [2.05, 4.69) is 20.9 Å². The third-order valence-corrected chi connectivity index (χ3v) is 4.28. The van der Waals surface area contributed by atoms with E-state index in [1.165, 1.54) is 38.6 Å². The topological polar surface area (TPSA) is 56.4 Å². The molecule has 2 heterocycles. The Bertz CT molecular complexity index is 269. The van der Waals surface area contributed by atoms with Crippen molar-refractivity contribution in [2.45, 2.75) is 44.2 Å². The average Bonchev–Trinajstić information content (AvgIpc) is 2.69. The molecule has 110 valence electrons. The van der Waals surface area contributed by atoms with Crippen LogP contribution in [-0.2, 0) is 4.79 Å². The molecule has 0 aromatic carbocycles. The largest absolute Gasteiger partial charge is 0.358 e. The Morgan fingerprint density at radius 2 is 1.89 bits per heavy atom. The predicted molar refractivity (Wildman–Crippen MR) is 77.2 cm³/mol. The van der Waals surface area contributed by atoms with E-state index in [-0.39, 0.29) is 5.91 Å². The molecular formula is C14H28N4O. The molecule has 2 aliphatic heterocycles. The summed E-state index contributed by atoms with van der Waals surface area (Å²) in [5.74, 6) is 0.126. The quantitative estimate of drug-likeness (QED) is 0.668. The van der Waals surface area contributed by atoms with E-state index in [4.69, 9.17) is 0 Å². The first-order chi connectivity index (χ1) is 9.28. The van der Waals surface area contributed by atoms with Crippen LogP contribution in [0.4, 0.5) is 0 Å². The molecule has 1 amide bonds. The molecule has 0 aromatic rings. The highest BCUT2D eigenvalue weighted by atomic mass is 16.1. The molecule has 2 aliphatic rings. The van der Waals surface area contributed by atoms with Crippen molar-refractivity contribution in [3.05, 3.63) is 0 Å². The number of piperidine rings is 1. The second-order valence-corrected chi connectivity index (χ2v) is 5.77. The number of likely N-dealkylation sites (N-methyl/N-ethyl adjacent to an activating group) is 1. The zero-order valence-corrected chi connectivity index (χ0v) is 12.1. The number of likely N-dealkylation sites (tertiary alicyclic amines) is 1. The summed E-state index contributed by atoms with van der Waals surface area (Å²) < 4.78 is 0. The van der Waals surface area contributed by atoms with Crippen molar-refractivity contribution in [1.82, 2.24) is 20.9 Å². The van der Waals surface area contributed by atoms with Gasteiger partial charge in [-0.25, -0.2) is 0 Å². The second-order valence-electron chi connectivity index (χ2n) is 5.77. The van der Waals surface area contributed by atoms with E-state index >= 15 is 0 Å². The number of carbonyl (C=O) groups excluding carboxylic acids is 1. The highest BCUT2D eigenvalue weighted by molar-refractivity contribution is 5.77. The van der Waals surface area contributed by atoms with Crippen molar-refractivity contribution in [1.29, 1.82) is 0 Å². The summed E-state index contributed by atoms with van der Waals surface area (Å²) in [6.45, 7) is 4.94. The lowest BCUT2D eigenvalue weighted by molar-refractivity contribution is -0.122. The SMILES string of the molecule is CNC(=O)CN1CCC(NC2CCCNCC2)CC1. The van der Waals surface area contributed by atoms with Gasteiger partial charge in [-0.1, -0.05) is 0 Å². The van der Waals surface area contributed by atoms with Crippen molar-refractivity contribution in [3.63, 3.8) is 0 Å². The van der Waals surface area contributed by atoms with Gasteiger partial charge in [0.2, 0.25) is 5.91 Å². The number of rotatable bonds is 4. The Kier molecular flexibility index (Phi) is 6.07. The lowest BCUT2D eigenvalue weighted by Gasteiger charge is -2.34. The summed E-state index contributed by atoms with van der Waals surface area (Å²) in [6, 6.07) is 1.33. The fourth-order valence-electron chi connectivity index (χ4n) is 3.06. The van der Waals surface area contributed by atoms with Crippen LogP contribution in [0.3, 0.4) is 0 Å². The van der Waals surface area contributed by atoms with Gasteiger partial charge >= 0.3 is 0 Å². The van der Waals surface area contributed by atoms with Gasteiger partial charge in [0.15, 0.2) is 0 Å². The van der Waals surface area contributed by atoms with Crippen LogP contribution in [0.1, 0.15) is 32.1 Å². The molecule has 3 N–H and O–H groups in total. The van der Waals surface area contributed by atoms with Crippen molar-refractivity contribution in [2.24, 2.45) is 0 Å². The van der Waals surface area contributed by atoms with Gasteiger partial charge in [0, 0.05) is 32.2 Å². The zero-order valence-electron chi connectivity index (χ0n) is 12.1. The summed E-state index contributed by atoms with van der Waals surface area (Å²) in [7, 11) is 1.71. The van der Waals surface area contributed by atoms with Crippen LogP contribution < -0.4 is 16.0 Å². The van der Waals surface area contributed by atoms with E-state index in [9.17, 15) is 4.79 Å². The highest BCUT2D eigenvalue weighted by Crippen LogP contribution is 2.13. The van der Waals surface area contributed by atoms with E-state index < -0.39 is 0 Å². The van der Waals surface area contributed by atoms with E-state index in [1.807, 2.05) is 0 Å². The molecule has 5 nitrogen and oxygen atoms in total. The van der Waals surface area contributed by atoms with Crippen LogP contribution in [0, 0.1) is 0 Å². The van der Waals surface area contributed by atoms with Crippen LogP contribution in [0.2, 0.25) is 0 Å². The van der Waals surface area contributed by atoms with Crippen LogP contribution in [-0.4, -0.2) is 62.7 Å². The number of hydrogen-bond donors (Lipinski definition) is 3. The smallest absolute Gasteiger partial charge is 0.233 e. The van der Waals surface area contributed by atoms with Gasteiger partial charge in [0.25, 0.3) is 0 Å². The molecule has 1 unspecified atom stereocenters. The first-order valence-corrected chi connectivity index (χ1v) is 7.67. The number of nitrogens with zero attached hydrogens (tertiary/aromatic N) is 1. The lowest BCUT2D eigenvalue weighted by atomic mass is 10.0. The molecule has 0 saturated carbocycles. The van der Waals surface area contributed by atoms with Crippen molar-refractivity contribution < 1.29 is 4.79 Å². The molecule has 0 aromatic heterocycles. The normalized spacial score (nSPS) is 26.9. The van der Waals surface area contributed by atoms with E-state index in [0.717, 1.165) is 19.6 Å². The minimum atomic E-state index is 0.126. The molecular weight excluding hydrogens is 240 g/mol. The number of amides is 1. The van der Waals surface area contributed by atoms with Gasteiger partial charge in [0.05, 0.1) is 6.54 Å². The van der Waals surface area contributed by atoms with Gasteiger partial charge in [-0.3, -0.25) is 9.69 Å². The van der Waals surface area contributed by atoms with Crippen molar-refractivity contribution >= 4 is 5.91 Å². The maximum Gasteiger partial charge on any atom is 0.233 e. The number of nitrogens with one attached hydrogen (secondary N) is 3. The Hall–Kier alpha value is -0.650. The molecule has 5 heteroatoms. The summed E-state index contributed by atoms with van der Waals surface area (Å²) in [4.78, 5) is 13.6. The summed E-state index contributed by atoms with van der Waals surface area (Å²) in [6.07, 6.45) is 6.17. The molecule has 2 saturated heterocycles. The first-order valence-electron chi connectivity index (χ1n) is 7.67. The number of carbonyl (C=O) groups is 1. The zero-order chi connectivity index (χ0) is 13.5. The summed E-state index contributed by atoms with van der Waals surface area (Å²) in [5, 5.41) is 9.97. The van der Waals surface area contributed by atoms with Gasteiger partial charge in [-0.15, -0.1) is 0 Å². The Morgan fingerprint density at radius 1 is 1.16 bits per heavy atom. The molecule has 0 spiro atoms. The van der Waals surface area contributed by atoms with Crippen LogP contribution in [0.15, 0.2) is 0 Å². The molecule has 0 aliphatic carbocycles. The van der Waals surface area contributed by atoms with Crippen molar-refractivity contribution in [3.8, 4) is 0 Å². The van der Waals surface area contributed by atoms with E-state index in [0.29, 0.717) is 18.6 Å². The van der Waals surface area contributed by atoms with Gasteiger partial charge in [-0.2, -0.15) is 0 Å². The van der Waals surface area contributed by atoms with Crippen LogP contribution in [0.25, 0.3) is 0 Å². The third-order valence-electron chi connectivity index (χ3n) is 4.28. The molecule has 1 atom stereocenters. The third kappa shape index (κ3) is 5.09. The van der Waals surface area contributed by atoms with Gasteiger partial charge in [0.1, 0.15) is 0 Å². The molecule has 0 radical (unpaired) electrons. The summed E-state index contributed by atoms with van der Waals surface area (Å²) in [5.41, 5.74) is 0.